The number of nitrogens with zero attached hydrogens (tertiary/aromatic N) is 2. The van der Waals surface area contributed by atoms with E-state index in [1.54, 1.807) is 12.1 Å². The van der Waals surface area contributed by atoms with Crippen LogP contribution in [0, 0.1) is 12.7 Å². The van der Waals surface area contributed by atoms with E-state index in [1.165, 1.54) is 12.8 Å². The molecule has 0 amide bonds. The lowest BCUT2D eigenvalue weighted by Gasteiger charge is -2.35. The summed E-state index contributed by atoms with van der Waals surface area (Å²) < 4.78 is 13.3. The van der Waals surface area contributed by atoms with Crippen LogP contribution < -0.4 is 0 Å². The van der Waals surface area contributed by atoms with E-state index < -0.39 is 0 Å². The molecule has 0 spiro atoms. The Morgan fingerprint density at radius 3 is 2.56 bits per heavy atom. The van der Waals surface area contributed by atoms with Crippen molar-refractivity contribution in [3.8, 4) is 0 Å². The molecule has 2 rings (SSSR count). The summed E-state index contributed by atoms with van der Waals surface area (Å²) in [5.74, 6) is -0.123. The molecule has 0 unspecified atom stereocenters. The highest BCUT2D eigenvalue weighted by molar-refractivity contribution is 5.23. The maximum Gasteiger partial charge on any atom is 0.123 e. The van der Waals surface area contributed by atoms with Crippen molar-refractivity contribution in [2.75, 3.05) is 27.2 Å². The lowest BCUT2D eigenvalue weighted by molar-refractivity contribution is 0.139. The second-order valence-corrected chi connectivity index (χ2v) is 5.59. The Hall–Kier alpha value is -0.930. The molecule has 1 fully saturated rings. The molecule has 1 aliphatic rings. The normalized spacial score (nSPS) is 18.5. The highest BCUT2D eigenvalue weighted by atomic mass is 19.1. The van der Waals surface area contributed by atoms with Crippen molar-refractivity contribution in [3.63, 3.8) is 0 Å². The van der Waals surface area contributed by atoms with Gasteiger partial charge < -0.3 is 4.90 Å². The van der Waals surface area contributed by atoms with E-state index in [2.05, 4.69) is 30.0 Å². The summed E-state index contributed by atoms with van der Waals surface area (Å²) in [5.41, 5.74) is 2.08. The second-order valence-electron chi connectivity index (χ2n) is 5.59. The number of likely N-dealkylation sites (tertiary alicyclic amines) is 1. The summed E-state index contributed by atoms with van der Waals surface area (Å²) in [7, 11) is 4.32. The van der Waals surface area contributed by atoms with E-state index in [0.29, 0.717) is 6.04 Å². The van der Waals surface area contributed by atoms with Gasteiger partial charge in [0.15, 0.2) is 0 Å². The van der Waals surface area contributed by atoms with Gasteiger partial charge in [-0.2, -0.15) is 0 Å². The first-order valence-corrected chi connectivity index (χ1v) is 6.69. The van der Waals surface area contributed by atoms with E-state index in [-0.39, 0.29) is 5.82 Å². The average Bonchev–Trinajstić information content (AvgIpc) is 2.28. The fourth-order valence-corrected chi connectivity index (χ4v) is 2.76. The van der Waals surface area contributed by atoms with Gasteiger partial charge in [-0.3, -0.25) is 4.90 Å². The summed E-state index contributed by atoms with van der Waals surface area (Å²) in [5, 5.41) is 0. The summed E-state index contributed by atoms with van der Waals surface area (Å²) in [6, 6.07) is 5.94. The topological polar surface area (TPSA) is 6.48 Å². The van der Waals surface area contributed by atoms with Gasteiger partial charge in [0.25, 0.3) is 0 Å². The Kier molecular flexibility index (Phi) is 4.36. The van der Waals surface area contributed by atoms with Gasteiger partial charge >= 0.3 is 0 Å². The van der Waals surface area contributed by atoms with Crippen molar-refractivity contribution in [2.45, 2.75) is 32.4 Å². The molecular weight excluding hydrogens is 227 g/mol. The molecule has 0 aromatic heterocycles. The molecule has 0 N–H and O–H groups in total. The average molecular weight is 250 g/mol. The van der Waals surface area contributed by atoms with Crippen LogP contribution in [0.3, 0.4) is 0 Å². The molecule has 1 heterocycles. The van der Waals surface area contributed by atoms with Gasteiger partial charge in [-0.1, -0.05) is 6.07 Å². The van der Waals surface area contributed by atoms with Crippen LogP contribution in [0.4, 0.5) is 4.39 Å². The molecule has 0 atom stereocenters. The van der Waals surface area contributed by atoms with Gasteiger partial charge in [-0.15, -0.1) is 0 Å². The summed E-state index contributed by atoms with van der Waals surface area (Å²) in [6.45, 7) is 5.11. The van der Waals surface area contributed by atoms with Crippen LogP contribution in [0.2, 0.25) is 0 Å². The first-order chi connectivity index (χ1) is 8.54. The first kappa shape index (κ1) is 13.5. The lowest BCUT2D eigenvalue weighted by atomic mass is 10.0. The van der Waals surface area contributed by atoms with Crippen LogP contribution in [0.25, 0.3) is 0 Å². The van der Waals surface area contributed by atoms with Gasteiger partial charge in [-0.25, -0.2) is 4.39 Å². The van der Waals surface area contributed by atoms with E-state index >= 15 is 0 Å². The molecular formula is C15H23FN2. The number of piperidine rings is 1. The molecule has 18 heavy (non-hydrogen) atoms. The number of halogens is 1. The van der Waals surface area contributed by atoms with E-state index in [4.69, 9.17) is 0 Å². The maximum absolute atomic E-state index is 13.3. The Bertz CT molecular complexity index is 377. The molecule has 1 saturated heterocycles. The highest BCUT2D eigenvalue weighted by Gasteiger charge is 2.20. The number of benzene rings is 1. The van der Waals surface area contributed by atoms with Gasteiger partial charge in [0, 0.05) is 12.6 Å². The lowest BCUT2D eigenvalue weighted by Crippen LogP contribution is -2.41. The van der Waals surface area contributed by atoms with Crippen molar-refractivity contribution in [1.29, 1.82) is 0 Å². The zero-order valence-electron chi connectivity index (χ0n) is 11.6. The predicted molar refractivity (Wildman–Crippen MR) is 73.1 cm³/mol. The quantitative estimate of drug-likeness (QED) is 0.814. The molecule has 100 valence electrons. The molecule has 2 nitrogen and oxygen atoms in total. The van der Waals surface area contributed by atoms with Crippen LogP contribution in [0.5, 0.6) is 0 Å². The van der Waals surface area contributed by atoms with Crippen molar-refractivity contribution >= 4 is 0 Å². The van der Waals surface area contributed by atoms with Gasteiger partial charge in [-0.05, 0) is 70.2 Å². The number of hydrogen-bond donors (Lipinski definition) is 0. The molecule has 0 aliphatic carbocycles. The number of hydrogen-bond acceptors (Lipinski definition) is 2. The van der Waals surface area contributed by atoms with Crippen LogP contribution in [0.1, 0.15) is 24.0 Å². The standard InChI is InChI=1S/C15H23FN2/c1-12-8-13(10-14(16)9-12)11-18(3)15-4-6-17(2)7-5-15/h8-10,15H,4-7,11H2,1-3H3. The minimum atomic E-state index is -0.123. The first-order valence-electron chi connectivity index (χ1n) is 6.69. The van der Waals surface area contributed by atoms with Crippen molar-refractivity contribution in [1.82, 2.24) is 9.80 Å². The molecule has 1 aliphatic heterocycles. The van der Waals surface area contributed by atoms with Gasteiger partial charge in [0.05, 0.1) is 0 Å². The Morgan fingerprint density at radius 1 is 1.28 bits per heavy atom. The van der Waals surface area contributed by atoms with Gasteiger partial charge in [0.1, 0.15) is 5.82 Å². The maximum atomic E-state index is 13.3. The number of rotatable bonds is 3. The third kappa shape index (κ3) is 3.53. The minimum absolute atomic E-state index is 0.123. The molecule has 1 aromatic rings. The van der Waals surface area contributed by atoms with Crippen molar-refractivity contribution in [2.24, 2.45) is 0 Å². The molecule has 0 bridgehead atoms. The third-order valence-corrected chi connectivity index (χ3v) is 3.85. The Morgan fingerprint density at radius 2 is 1.94 bits per heavy atom. The van der Waals surface area contributed by atoms with Crippen molar-refractivity contribution in [3.05, 3.63) is 35.1 Å². The zero-order valence-corrected chi connectivity index (χ0v) is 11.6. The smallest absolute Gasteiger partial charge is 0.123 e. The summed E-state index contributed by atoms with van der Waals surface area (Å²) in [4.78, 5) is 4.73. The molecule has 3 heteroatoms. The second kappa shape index (κ2) is 5.81. The van der Waals surface area contributed by atoms with Crippen molar-refractivity contribution < 1.29 is 4.39 Å². The monoisotopic (exact) mass is 250 g/mol. The predicted octanol–water partition coefficient (Wildman–Crippen LogP) is 2.66. The van der Waals surface area contributed by atoms with Gasteiger partial charge in [0.2, 0.25) is 0 Å². The SMILES string of the molecule is Cc1cc(F)cc(CN(C)C2CCN(C)CC2)c1. The Balaban J connectivity index is 1.96. The third-order valence-electron chi connectivity index (χ3n) is 3.85. The van der Waals surface area contributed by atoms with E-state index in [9.17, 15) is 4.39 Å². The molecule has 0 radical (unpaired) electrons. The molecule has 0 saturated carbocycles. The number of aryl methyl sites for hydroxylation is 1. The van der Waals surface area contributed by atoms with Crippen LogP contribution in [0.15, 0.2) is 18.2 Å². The van der Waals surface area contributed by atoms with E-state index in [0.717, 1.165) is 30.8 Å². The zero-order chi connectivity index (χ0) is 13.1. The Labute approximate surface area is 109 Å². The minimum Gasteiger partial charge on any atom is -0.306 e. The van der Waals surface area contributed by atoms with Crippen LogP contribution >= 0.6 is 0 Å². The summed E-state index contributed by atoms with van der Waals surface area (Å²) >= 11 is 0. The molecule has 1 aromatic carbocycles. The largest absolute Gasteiger partial charge is 0.306 e. The fraction of sp³-hybridized carbons (Fsp3) is 0.600. The van der Waals surface area contributed by atoms with Crippen LogP contribution in [-0.4, -0.2) is 43.0 Å². The highest BCUT2D eigenvalue weighted by Crippen LogP contribution is 2.17. The summed E-state index contributed by atoms with van der Waals surface area (Å²) in [6.07, 6.45) is 2.42. The fourth-order valence-electron chi connectivity index (χ4n) is 2.76. The van der Waals surface area contributed by atoms with E-state index in [1.807, 2.05) is 6.92 Å². The van der Waals surface area contributed by atoms with Crippen LogP contribution in [-0.2, 0) is 6.54 Å².